The standard InChI is InChI=1S/C21H29F3N4O2/c22-21(23,24)16-26-10-4-5-17(15-26)20(30)25-9-8-19(29)28-13-11-27(12-14-28)18-6-2-1-3-7-18/h1-3,6-7,17H,4-5,8-16H2,(H,25,30)/t17-/m1/s1. The van der Waals surface area contributed by atoms with E-state index >= 15 is 0 Å². The highest BCUT2D eigenvalue weighted by Gasteiger charge is 2.34. The maximum Gasteiger partial charge on any atom is 0.401 e. The van der Waals surface area contributed by atoms with E-state index in [1.54, 1.807) is 4.90 Å². The highest BCUT2D eigenvalue weighted by Crippen LogP contribution is 2.22. The van der Waals surface area contributed by atoms with Gasteiger partial charge in [0.15, 0.2) is 0 Å². The molecule has 6 nitrogen and oxygen atoms in total. The fraction of sp³-hybridized carbons (Fsp3) is 0.619. The van der Waals surface area contributed by atoms with E-state index in [-0.39, 0.29) is 31.3 Å². The SMILES string of the molecule is O=C(NCCC(=O)N1CCN(c2ccccc2)CC1)[C@@H]1CCCN(CC(F)(F)F)C1. The Labute approximate surface area is 175 Å². The molecule has 0 saturated carbocycles. The third-order valence-corrected chi connectivity index (χ3v) is 5.67. The van der Waals surface area contributed by atoms with Gasteiger partial charge >= 0.3 is 6.18 Å². The van der Waals surface area contributed by atoms with Crippen molar-refractivity contribution in [1.29, 1.82) is 0 Å². The van der Waals surface area contributed by atoms with E-state index in [0.717, 1.165) is 18.8 Å². The molecule has 0 radical (unpaired) electrons. The molecule has 0 aromatic heterocycles. The van der Waals surface area contributed by atoms with E-state index in [0.29, 0.717) is 32.5 Å². The summed E-state index contributed by atoms with van der Waals surface area (Å²) in [5.74, 6) is -0.723. The minimum atomic E-state index is -4.25. The largest absolute Gasteiger partial charge is 0.401 e. The Balaban J connectivity index is 1.36. The molecule has 3 rings (SSSR count). The summed E-state index contributed by atoms with van der Waals surface area (Å²) in [7, 11) is 0. The monoisotopic (exact) mass is 426 g/mol. The van der Waals surface area contributed by atoms with Gasteiger partial charge in [-0.05, 0) is 31.5 Å². The number of benzene rings is 1. The van der Waals surface area contributed by atoms with E-state index in [1.165, 1.54) is 4.90 Å². The molecule has 0 aliphatic carbocycles. The number of para-hydroxylation sites is 1. The molecule has 1 atom stereocenters. The van der Waals surface area contributed by atoms with Crippen LogP contribution in [-0.4, -0.2) is 80.1 Å². The molecule has 0 bridgehead atoms. The number of nitrogens with one attached hydrogen (secondary N) is 1. The summed E-state index contributed by atoms with van der Waals surface area (Å²) in [5.41, 5.74) is 1.14. The zero-order valence-corrected chi connectivity index (χ0v) is 17.0. The van der Waals surface area contributed by atoms with Gasteiger partial charge < -0.3 is 15.1 Å². The van der Waals surface area contributed by atoms with E-state index in [1.807, 2.05) is 30.3 Å². The Morgan fingerprint density at radius 3 is 2.40 bits per heavy atom. The smallest absolute Gasteiger partial charge is 0.368 e. The third kappa shape index (κ3) is 6.62. The lowest BCUT2D eigenvalue weighted by Gasteiger charge is -2.36. The average molecular weight is 426 g/mol. The van der Waals surface area contributed by atoms with Crippen LogP contribution in [0.5, 0.6) is 0 Å². The van der Waals surface area contributed by atoms with Crippen LogP contribution in [0, 0.1) is 5.92 Å². The summed E-state index contributed by atoms with van der Waals surface area (Å²) in [6.45, 7) is 2.50. The molecule has 1 aromatic rings. The lowest BCUT2D eigenvalue weighted by Crippen LogP contribution is -2.49. The van der Waals surface area contributed by atoms with Crippen molar-refractivity contribution in [1.82, 2.24) is 15.1 Å². The highest BCUT2D eigenvalue weighted by atomic mass is 19.4. The number of piperidine rings is 1. The lowest BCUT2D eigenvalue weighted by atomic mass is 9.97. The van der Waals surface area contributed by atoms with Crippen LogP contribution in [0.1, 0.15) is 19.3 Å². The average Bonchev–Trinajstić information content (AvgIpc) is 2.73. The number of carbonyl (C=O) groups is 2. The zero-order chi connectivity index (χ0) is 21.6. The van der Waals surface area contributed by atoms with Gasteiger partial charge in [-0.2, -0.15) is 13.2 Å². The van der Waals surface area contributed by atoms with Crippen LogP contribution in [0.2, 0.25) is 0 Å². The maximum absolute atomic E-state index is 12.6. The Morgan fingerprint density at radius 2 is 1.73 bits per heavy atom. The molecule has 2 amide bonds. The van der Waals surface area contributed by atoms with E-state index in [4.69, 9.17) is 0 Å². The first-order valence-corrected chi connectivity index (χ1v) is 10.5. The van der Waals surface area contributed by atoms with Crippen molar-refractivity contribution in [3.63, 3.8) is 0 Å². The van der Waals surface area contributed by atoms with Gasteiger partial charge in [0, 0.05) is 51.4 Å². The molecule has 2 heterocycles. The molecule has 0 spiro atoms. The van der Waals surface area contributed by atoms with Gasteiger partial charge in [-0.3, -0.25) is 14.5 Å². The highest BCUT2D eigenvalue weighted by molar-refractivity contribution is 5.81. The normalized spacial score (nSPS) is 20.8. The van der Waals surface area contributed by atoms with Gasteiger partial charge in [-0.25, -0.2) is 0 Å². The molecule has 30 heavy (non-hydrogen) atoms. The third-order valence-electron chi connectivity index (χ3n) is 5.67. The number of alkyl halides is 3. The Bertz CT molecular complexity index is 706. The van der Waals surface area contributed by atoms with Crippen molar-refractivity contribution in [2.45, 2.75) is 25.4 Å². The first-order chi connectivity index (χ1) is 14.3. The number of halogens is 3. The van der Waals surface area contributed by atoms with E-state index in [2.05, 4.69) is 10.2 Å². The van der Waals surface area contributed by atoms with Crippen LogP contribution in [0.4, 0.5) is 18.9 Å². The predicted octanol–water partition coefficient (Wildman–Crippen LogP) is 2.12. The van der Waals surface area contributed by atoms with Crippen LogP contribution >= 0.6 is 0 Å². The predicted molar refractivity (Wildman–Crippen MR) is 108 cm³/mol. The van der Waals surface area contributed by atoms with Crippen LogP contribution in [0.3, 0.4) is 0 Å². The van der Waals surface area contributed by atoms with Crippen molar-refractivity contribution >= 4 is 17.5 Å². The molecule has 2 fully saturated rings. The molecule has 2 aliphatic rings. The number of likely N-dealkylation sites (tertiary alicyclic amines) is 1. The van der Waals surface area contributed by atoms with Crippen molar-refractivity contribution in [2.75, 3.05) is 57.3 Å². The fourth-order valence-corrected chi connectivity index (χ4v) is 4.11. The van der Waals surface area contributed by atoms with Gasteiger partial charge in [0.25, 0.3) is 0 Å². The Morgan fingerprint density at radius 1 is 1.03 bits per heavy atom. The number of hydrogen-bond acceptors (Lipinski definition) is 4. The first-order valence-electron chi connectivity index (χ1n) is 10.5. The molecule has 1 aromatic carbocycles. The molecule has 1 N–H and O–H groups in total. The van der Waals surface area contributed by atoms with Gasteiger partial charge in [0.05, 0.1) is 12.5 Å². The maximum atomic E-state index is 12.6. The second kappa shape index (κ2) is 10.1. The van der Waals surface area contributed by atoms with Crippen molar-refractivity contribution in [3.05, 3.63) is 30.3 Å². The topological polar surface area (TPSA) is 55.9 Å². The Kier molecular flexibility index (Phi) is 7.58. The zero-order valence-electron chi connectivity index (χ0n) is 17.0. The van der Waals surface area contributed by atoms with Crippen molar-refractivity contribution in [3.8, 4) is 0 Å². The molecule has 2 aliphatic heterocycles. The van der Waals surface area contributed by atoms with E-state index < -0.39 is 18.6 Å². The molecule has 0 unspecified atom stereocenters. The summed E-state index contributed by atoms with van der Waals surface area (Å²) in [6.07, 6.45) is -2.90. The summed E-state index contributed by atoms with van der Waals surface area (Å²) in [4.78, 5) is 30.1. The molecular weight excluding hydrogens is 397 g/mol. The number of carbonyl (C=O) groups excluding carboxylic acids is 2. The number of anilines is 1. The quantitative estimate of drug-likeness (QED) is 0.757. The summed E-state index contributed by atoms with van der Waals surface area (Å²) in [6, 6.07) is 10.1. The van der Waals surface area contributed by atoms with Gasteiger partial charge in [0.1, 0.15) is 0 Å². The molecule has 9 heteroatoms. The Hall–Kier alpha value is -2.29. The van der Waals surface area contributed by atoms with Crippen LogP contribution in [0.15, 0.2) is 30.3 Å². The number of nitrogens with zero attached hydrogens (tertiary/aromatic N) is 3. The molecule has 2 saturated heterocycles. The summed E-state index contributed by atoms with van der Waals surface area (Å²) >= 11 is 0. The molecular formula is C21H29F3N4O2. The van der Waals surface area contributed by atoms with Crippen molar-refractivity contribution in [2.24, 2.45) is 5.92 Å². The summed E-state index contributed by atoms with van der Waals surface area (Å²) in [5, 5.41) is 2.74. The minimum Gasteiger partial charge on any atom is -0.368 e. The number of rotatable bonds is 6. The minimum absolute atomic E-state index is 0.00893. The van der Waals surface area contributed by atoms with E-state index in [9.17, 15) is 22.8 Å². The van der Waals surface area contributed by atoms with Crippen molar-refractivity contribution < 1.29 is 22.8 Å². The van der Waals surface area contributed by atoms with Gasteiger partial charge in [-0.15, -0.1) is 0 Å². The number of piperazine rings is 1. The van der Waals surface area contributed by atoms with Crippen LogP contribution in [-0.2, 0) is 9.59 Å². The van der Waals surface area contributed by atoms with Gasteiger partial charge in [0.2, 0.25) is 11.8 Å². The number of amides is 2. The van der Waals surface area contributed by atoms with Gasteiger partial charge in [-0.1, -0.05) is 18.2 Å². The fourth-order valence-electron chi connectivity index (χ4n) is 4.11. The second-order valence-corrected chi connectivity index (χ2v) is 7.93. The van der Waals surface area contributed by atoms with Crippen LogP contribution in [0.25, 0.3) is 0 Å². The van der Waals surface area contributed by atoms with Crippen LogP contribution < -0.4 is 10.2 Å². The second-order valence-electron chi connectivity index (χ2n) is 7.93. The lowest BCUT2D eigenvalue weighted by molar-refractivity contribution is -0.152. The first kappa shape index (κ1) is 22.4. The summed E-state index contributed by atoms with van der Waals surface area (Å²) < 4.78 is 37.7. The number of hydrogen-bond donors (Lipinski definition) is 1. The molecule has 166 valence electrons.